The molecular formula is C29H42N2O6S2. The minimum atomic E-state index is -1.08. The van der Waals surface area contributed by atoms with Crippen molar-refractivity contribution < 1.29 is 29.0 Å². The molecule has 8 aliphatic rings. The molecule has 2 amide bonds. The fourth-order valence-corrected chi connectivity index (χ4v) is 12.6. The van der Waals surface area contributed by atoms with E-state index in [1.54, 1.807) is 0 Å². The molecule has 39 heavy (non-hydrogen) atoms. The summed E-state index contributed by atoms with van der Waals surface area (Å²) in [5, 5.41) is 9.13. The number of hydrogen-bond donors (Lipinski definition) is 2. The lowest BCUT2D eigenvalue weighted by Crippen LogP contribution is -2.64. The quantitative estimate of drug-likeness (QED) is 0.170. The molecule has 216 valence electrons. The van der Waals surface area contributed by atoms with Gasteiger partial charge in [0.25, 0.3) is 0 Å². The minimum Gasteiger partial charge on any atom is -0.480 e. The first-order chi connectivity index (χ1) is 18.6. The lowest BCUT2D eigenvalue weighted by Gasteiger charge is -2.59. The van der Waals surface area contributed by atoms with Crippen LogP contribution in [-0.2, 0) is 23.9 Å². The zero-order valence-electron chi connectivity index (χ0n) is 22.8. The van der Waals surface area contributed by atoms with E-state index in [2.05, 4.69) is 0 Å². The lowest BCUT2D eigenvalue weighted by atomic mass is 9.48. The second-order valence-corrected chi connectivity index (χ2v) is 16.5. The van der Waals surface area contributed by atoms with Crippen LogP contribution in [0.5, 0.6) is 0 Å². The molecule has 8 rings (SSSR count). The van der Waals surface area contributed by atoms with Crippen molar-refractivity contribution in [1.82, 2.24) is 4.90 Å². The molecule has 3 N–H and O–H groups in total. The van der Waals surface area contributed by atoms with Crippen molar-refractivity contribution in [2.75, 3.05) is 18.6 Å². The minimum absolute atomic E-state index is 0.134. The van der Waals surface area contributed by atoms with Crippen LogP contribution in [0, 0.1) is 46.3 Å². The van der Waals surface area contributed by atoms with Gasteiger partial charge >= 0.3 is 11.9 Å². The number of rotatable bonds is 10. The number of carbonyl (C=O) groups excluding carboxylic acids is 3. The smallest absolute Gasteiger partial charge is 0.329 e. The Bertz CT molecular complexity index is 907. The van der Waals surface area contributed by atoms with Crippen molar-refractivity contribution in [1.29, 1.82) is 0 Å². The summed E-state index contributed by atoms with van der Waals surface area (Å²) in [5.41, 5.74) is 4.56. The number of ether oxygens (including phenoxy) is 1. The normalized spacial score (nSPS) is 40.8. The van der Waals surface area contributed by atoms with Crippen molar-refractivity contribution in [3.05, 3.63) is 0 Å². The summed E-state index contributed by atoms with van der Waals surface area (Å²) in [5.74, 6) is 1.64. The average molecular weight is 579 g/mol. The fourth-order valence-electron chi connectivity index (χ4n) is 10.3. The van der Waals surface area contributed by atoms with Gasteiger partial charge in [-0.05, 0) is 113 Å². The Morgan fingerprint density at radius 2 is 1.13 bits per heavy atom. The van der Waals surface area contributed by atoms with E-state index >= 15 is 0 Å². The summed E-state index contributed by atoms with van der Waals surface area (Å²) in [4.78, 5) is 55.5. The van der Waals surface area contributed by atoms with E-state index in [0.717, 1.165) is 38.5 Å². The maximum Gasteiger partial charge on any atom is 0.329 e. The molecule has 0 aliphatic heterocycles. The number of nitrogens with two attached hydrogens (primary N) is 1. The van der Waals surface area contributed by atoms with Gasteiger partial charge in [-0.2, -0.15) is 0 Å². The molecule has 0 aromatic carbocycles. The van der Waals surface area contributed by atoms with E-state index in [1.807, 2.05) is 0 Å². The molecule has 0 heterocycles. The zero-order chi connectivity index (χ0) is 27.5. The first kappa shape index (κ1) is 27.9. The number of imide groups is 1. The Hall–Kier alpha value is -1.26. The van der Waals surface area contributed by atoms with E-state index in [-0.39, 0.29) is 23.3 Å². The van der Waals surface area contributed by atoms with Crippen molar-refractivity contribution in [3.63, 3.8) is 0 Å². The van der Waals surface area contributed by atoms with Gasteiger partial charge in [0.2, 0.25) is 11.8 Å². The number of carboxylic acids is 1. The van der Waals surface area contributed by atoms with Gasteiger partial charge in [0.05, 0.1) is 17.9 Å². The number of esters is 1. The van der Waals surface area contributed by atoms with E-state index in [9.17, 15) is 19.2 Å². The SMILES string of the molecule is COC(=O)[C@H](CSSCC(N)C(=O)O)N(C(=O)C12CC3CC(CC(C3)C1)C2)C(=O)C12CC3CC(CC(C3)C1)C2. The third kappa shape index (κ3) is 5.05. The maximum absolute atomic E-state index is 14.8. The van der Waals surface area contributed by atoms with Crippen molar-refractivity contribution in [2.45, 2.75) is 89.1 Å². The number of carbonyl (C=O) groups is 4. The van der Waals surface area contributed by atoms with Gasteiger partial charge < -0.3 is 15.6 Å². The van der Waals surface area contributed by atoms with Crippen LogP contribution in [0.4, 0.5) is 0 Å². The summed E-state index contributed by atoms with van der Waals surface area (Å²) >= 11 is 0. The molecule has 2 atom stereocenters. The van der Waals surface area contributed by atoms with E-state index in [0.29, 0.717) is 35.5 Å². The van der Waals surface area contributed by atoms with Gasteiger partial charge in [0.15, 0.2) is 0 Å². The Labute approximate surface area is 238 Å². The molecule has 10 heteroatoms. The molecule has 8 saturated carbocycles. The molecule has 0 radical (unpaired) electrons. The standard InChI is InChI=1S/C29H42N2O6S2/c1-37-25(34)23(15-39-38-14-22(30)24(32)33)31(26(35)28-8-16-2-17(9-28)4-18(3-16)10-28)27(36)29-11-19-5-20(12-29)7-21(6-19)13-29/h16-23H,2-15,30H2,1H3,(H,32,33)/t16?,17?,18?,19?,20?,21?,22?,23-,28?,29?/m0/s1. The highest BCUT2D eigenvalue weighted by Gasteiger charge is 2.61. The van der Waals surface area contributed by atoms with Crippen molar-refractivity contribution in [3.8, 4) is 0 Å². The topological polar surface area (TPSA) is 127 Å². The van der Waals surface area contributed by atoms with Crippen LogP contribution in [0.25, 0.3) is 0 Å². The molecule has 0 spiro atoms. The van der Waals surface area contributed by atoms with Gasteiger partial charge in [0.1, 0.15) is 12.1 Å². The van der Waals surface area contributed by atoms with E-state index < -0.39 is 34.9 Å². The van der Waals surface area contributed by atoms with Crippen molar-refractivity contribution in [2.24, 2.45) is 52.1 Å². The maximum atomic E-state index is 14.8. The number of amides is 2. The van der Waals surface area contributed by atoms with Gasteiger partial charge in [-0.15, -0.1) is 0 Å². The number of carboxylic acid groups (broad SMARTS) is 1. The number of nitrogens with zero attached hydrogens (tertiary/aromatic N) is 1. The summed E-state index contributed by atoms with van der Waals surface area (Å²) in [6, 6.07) is -2.04. The predicted molar refractivity (Wildman–Crippen MR) is 149 cm³/mol. The number of methoxy groups -OCH3 is 1. The Morgan fingerprint density at radius 3 is 1.46 bits per heavy atom. The summed E-state index contributed by atoms with van der Waals surface area (Å²) in [7, 11) is 3.87. The molecule has 8 nitrogen and oxygen atoms in total. The molecule has 0 saturated heterocycles. The Kier molecular flexibility index (Phi) is 7.53. The highest BCUT2D eigenvalue weighted by Crippen LogP contribution is 2.63. The summed E-state index contributed by atoms with van der Waals surface area (Å²) in [6.07, 6.45) is 12.1. The highest BCUT2D eigenvalue weighted by atomic mass is 33.1. The third-order valence-corrected chi connectivity index (χ3v) is 13.5. The van der Waals surface area contributed by atoms with Crippen LogP contribution < -0.4 is 5.73 Å². The number of aliphatic carboxylic acids is 1. The van der Waals surface area contributed by atoms with Crippen LogP contribution in [0.15, 0.2) is 0 Å². The molecule has 8 fully saturated rings. The van der Waals surface area contributed by atoms with Gasteiger partial charge in [0, 0.05) is 11.5 Å². The highest BCUT2D eigenvalue weighted by molar-refractivity contribution is 8.76. The molecule has 1 unspecified atom stereocenters. The van der Waals surface area contributed by atoms with Gasteiger partial charge in [-0.3, -0.25) is 19.3 Å². The first-order valence-electron chi connectivity index (χ1n) is 14.8. The van der Waals surface area contributed by atoms with E-state index in [1.165, 1.54) is 72.1 Å². The van der Waals surface area contributed by atoms with Gasteiger partial charge in [-0.1, -0.05) is 21.6 Å². The van der Waals surface area contributed by atoms with Crippen LogP contribution in [-0.4, -0.2) is 64.5 Å². The predicted octanol–water partition coefficient (Wildman–Crippen LogP) is 4.11. The van der Waals surface area contributed by atoms with Crippen LogP contribution >= 0.6 is 21.6 Å². The first-order valence-corrected chi connectivity index (χ1v) is 17.3. The van der Waals surface area contributed by atoms with Crippen LogP contribution in [0.3, 0.4) is 0 Å². The lowest BCUT2D eigenvalue weighted by molar-refractivity contribution is -0.181. The second-order valence-electron chi connectivity index (χ2n) is 13.9. The molecule has 0 aromatic rings. The van der Waals surface area contributed by atoms with Crippen LogP contribution in [0.2, 0.25) is 0 Å². The van der Waals surface area contributed by atoms with Crippen molar-refractivity contribution >= 4 is 45.3 Å². The molecule has 8 aliphatic carbocycles. The summed E-state index contributed by atoms with van der Waals surface area (Å²) in [6.45, 7) is 0. The largest absolute Gasteiger partial charge is 0.480 e. The molecule has 8 bridgehead atoms. The fraction of sp³-hybridized carbons (Fsp3) is 0.862. The van der Waals surface area contributed by atoms with Gasteiger partial charge in [-0.25, -0.2) is 4.79 Å². The average Bonchev–Trinajstić information content (AvgIpc) is 2.87. The van der Waals surface area contributed by atoms with E-state index in [4.69, 9.17) is 15.6 Å². The Morgan fingerprint density at radius 1 is 0.769 bits per heavy atom. The summed E-state index contributed by atoms with van der Waals surface area (Å²) < 4.78 is 5.22. The zero-order valence-corrected chi connectivity index (χ0v) is 24.5. The molecular weight excluding hydrogens is 536 g/mol. The number of hydrogen-bond acceptors (Lipinski definition) is 8. The molecule has 0 aromatic heterocycles. The monoisotopic (exact) mass is 578 g/mol. The third-order valence-electron chi connectivity index (χ3n) is 11.1. The van der Waals surface area contributed by atoms with Crippen LogP contribution in [0.1, 0.15) is 77.0 Å². The second kappa shape index (κ2) is 10.5. The Balaban J connectivity index is 1.31.